The standard InChI is InChI=1S/C11H9FN2/c1-2-9(12)8-3-4-10-11(7-8)14-6-5-13-10/h2-7H,1H3/b9-2+. The molecule has 3 heteroatoms. The van der Waals surface area contributed by atoms with Crippen LogP contribution in [0.25, 0.3) is 16.9 Å². The number of fused-ring (bicyclic) bond motifs is 1. The zero-order chi connectivity index (χ0) is 9.97. The maximum atomic E-state index is 13.2. The van der Waals surface area contributed by atoms with Gasteiger partial charge >= 0.3 is 0 Å². The number of hydrogen-bond acceptors (Lipinski definition) is 2. The summed E-state index contributed by atoms with van der Waals surface area (Å²) in [7, 11) is 0. The van der Waals surface area contributed by atoms with Crippen LogP contribution >= 0.6 is 0 Å². The normalized spacial score (nSPS) is 12.0. The van der Waals surface area contributed by atoms with E-state index in [1.54, 1.807) is 37.5 Å². The van der Waals surface area contributed by atoms with Crippen LogP contribution in [0.1, 0.15) is 12.5 Å². The van der Waals surface area contributed by atoms with Crippen molar-refractivity contribution in [2.75, 3.05) is 0 Å². The first-order valence-corrected chi connectivity index (χ1v) is 4.34. The van der Waals surface area contributed by atoms with Crippen molar-refractivity contribution in [3.05, 3.63) is 42.2 Å². The molecule has 2 nitrogen and oxygen atoms in total. The predicted molar refractivity (Wildman–Crippen MR) is 54.3 cm³/mol. The Bertz CT molecular complexity index is 491. The van der Waals surface area contributed by atoms with Crippen LogP contribution in [0.15, 0.2) is 36.7 Å². The summed E-state index contributed by atoms with van der Waals surface area (Å²) in [5, 5.41) is 0. The molecule has 0 aliphatic carbocycles. The van der Waals surface area contributed by atoms with Gasteiger partial charge in [0, 0.05) is 18.0 Å². The first kappa shape index (κ1) is 8.81. The Hall–Kier alpha value is -1.77. The van der Waals surface area contributed by atoms with E-state index in [1.807, 2.05) is 0 Å². The lowest BCUT2D eigenvalue weighted by atomic mass is 10.1. The number of benzene rings is 1. The Morgan fingerprint density at radius 2 is 1.93 bits per heavy atom. The number of aromatic nitrogens is 2. The van der Waals surface area contributed by atoms with E-state index in [-0.39, 0.29) is 5.83 Å². The summed E-state index contributed by atoms with van der Waals surface area (Å²) in [6, 6.07) is 5.16. The summed E-state index contributed by atoms with van der Waals surface area (Å²) in [6.07, 6.45) is 4.64. The van der Waals surface area contributed by atoms with Gasteiger partial charge in [-0.2, -0.15) is 0 Å². The Labute approximate surface area is 81.1 Å². The van der Waals surface area contributed by atoms with Crippen molar-refractivity contribution in [2.45, 2.75) is 6.92 Å². The van der Waals surface area contributed by atoms with Crippen LogP contribution in [0.4, 0.5) is 4.39 Å². The molecule has 1 aromatic heterocycles. The van der Waals surface area contributed by atoms with Crippen LogP contribution in [0.5, 0.6) is 0 Å². The molecule has 0 unspecified atom stereocenters. The highest BCUT2D eigenvalue weighted by Crippen LogP contribution is 2.19. The molecular formula is C11H9FN2. The molecule has 1 heterocycles. The molecule has 0 aliphatic rings. The predicted octanol–water partition coefficient (Wildman–Crippen LogP) is 2.96. The van der Waals surface area contributed by atoms with Crippen molar-refractivity contribution in [1.29, 1.82) is 0 Å². The Morgan fingerprint density at radius 1 is 1.21 bits per heavy atom. The molecule has 0 bridgehead atoms. The fraction of sp³-hybridized carbons (Fsp3) is 0.0909. The molecule has 0 aliphatic heterocycles. The zero-order valence-electron chi connectivity index (χ0n) is 7.74. The molecule has 0 atom stereocenters. The number of halogens is 1. The number of nitrogens with zero attached hydrogens (tertiary/aromatic N) is 2. The minimum Gasteiger partial charge on any atom is -0.253 e. The molecule has 1 aromatic carbocycles. The van der Waals surface area contributed by atoms with Gasteiger partial charge in [-0.25, -0.2) is 4.39 Å². The van der Waals surface area contributed by atoms with Crippen LogP contribution in [-0.4, -0.2) is 9.97 Å². The molecule has 2 rings (SSSR count). The minimum absolute atomic E-state index is 0.238. The molecule has 0 N–H and O–H groups in total. The van der Waals surface area contributed by atoms with E-state index >= 15 is 0 Å². The second-order valence-electron chi connectivity index (χ2n) is 2.90. The van der Waals surface area contributed by atoms with Crippen molar-refractivity contribution in [1.82, 2.24) is 9.97 Å². The van der Waals surface area contributed by atoms with Crippen molar-refractivity contribution in [3.63, 3.8) is 0 Å². The maximum absolute atomic E-state index is 13.2. The van der Waals surface area contributed by atoms with Gasteiger partial charge in [-0.3, -0.25) is 9.97 Å². The monoisotopic (exact) mass is 188 g/mol. The van der Waals surface area contributed by atoms with Crippen molar-refractivity contribution in [3.8, 4) is 0 Å². The van der Waals surface area contributed by atoms with Gasteiger partial charge < -0.3 is 0 Å². The van der Waals surface area contributed by atoms with Gasteiger partial charge in [0.25, 0.3) is 0 Å². The third-order valence-electron chi connectivity index (χ3n) is 2.00. The molecule has 0 radical (unpaired) electrons. The molecule has 0 saturated heterocycles. The number of allylic oxidation sites excluding steroid dienone is 1. The van der Waals surface area contributed by atoms with Crippen LogP contribution < -0.4 is 0 Å². The number of rotatable bonds is 1. The fourth-order valence-electron chi connectivity index (χ4n) is 1.28. The average molecular weight is 188 g/mol. The zero-order valence-corrected chi connectivity index (χ0v) is 7.74. The lowest BCUT2D eigenvalue weighted by Crippen LogP contribution is -1.84. The summed E-state index contributed by atoms with van der Waals surface area (Å²) < 4.78 is 13.2. The van der Waals surface area contributed by atoms with Crippen LogP contribution in [-0.2, 0) is 0 Å². The van der Waals surface area contributed by atoms with Gasteiger partial charge in [-0.1, -0.05) is 6.08 Å². The molecular weight excluding hydrogens is 179 g/mol. The van der Waals surface area contributed by atoms with Crippen molar-refractivity contribution < 1.29 is 4.39 Å². The molecule has 2 aromatic rings. The Kier molecular flexibility index (Phi) is 2.23. The van der Waals surface area contributed by atoms with Crippen molar-refractivity contribution in [2.24, 2.45) is 0 Å². The highest BCUT2D eigenvalue weighted by atomic mass is 19.1. The van der Waals surface area contributed by atoms with E-state index in [1.165, 1.54) is 6.08 Å². The number of hydrogen-bond donors (Lipinski definition) is 0. The largest absolute Gasteiger partial charge is 0.253 e. The SMILES string of the molecule is C/C=C(/F)c1ccc2nccnc2c1. The first-order valence-electron chi connectivity index (χ1n) is 4.34. The van der Waals surface area contributed by atoms with E-state index in [2.05, 4.69) is 9.97 Å². The van der Waals surface area contributed by atoms with Crippen LogP contribution in [0.2, 0.25) is 0 Å². The molecule has 14 heavy (non-hydrogen) atoms. The second kappa shape index (κ2) is 3.54. The lowest BCUT2D eigenvalue weighted by Gasteiger charge is -1.99. The average Bonchev–Trinajstić information content (AvgIpc) is 2.27. The highest BCUT2D eigenvalue weighted by Gasteiger charge is 2.01. The summed E-state index contributed by atoms with van der Waals surface area (Å²) in [5.41, 5.74) is 2.03. The Morgan fingerprint density at radius 3 is 2.64 bits per heavy atom. The minimum atomic E-state index is -0.238. The lowest BCUT2D eigenvalue weighted by molar-refractivity contribution is 0.758. The Balaban J connectivity index is 2.62. The van der Waals surface area contributed by atoms with Gasteiger partial charge in [0.15, 0.2) is 0 Å². The molecule has 0 spiro atoms. The molecule has 0 saturated carbocycles. The van der Waals surface area contributed by atoms with E-state index < -0.39 is 0 Å². The van der Waals surface area contributed by atoms with Gasteiger partial charge in [0.05, 0.1) is 11.0 Å². The molecule has 0 fully saturated rings. The maximum Gasteiger partial charge on any atom is 0.126 e. The summed E-state index contributed by atoms with van der Waals surface area (Å²) in [6.45, 7) is 1.66. The summed E-state index contributed by atoms with van der Waals surface area (Å²) in [4.78, 5) is 8.21. The van der Waals surface area contributed by atoms with Gasteiger partial charge in [-0.15, -0.1) is 0 Å². The molecule has 70 valence electrons. The van der Waals surface area contributed by atoms with E-state index in [4.69, 9.17) is 0 Å². The van der Waals surface area contributed by atoms with E-state index in [0.717, 1.165) is 5.52 Å². The molecule has 0 amide bonds. The topological polar surface area (TPSA) is 25.8 Å². The van der Waals surface area contributed by atoms with Crippen molar-refractivity contribution >= 4 is 16.9 Å². The second-order valence-corrected chi connectivity index (χ2v) is 2.90. The third kappa shape index (κ3) is 1.48. The van der Waals surface area contributed by atoms with Gasteiger partial charge in [0.1, 0.15) is 5.83 Å². The van der Waals surface area contributed by atoms with Gasteiger partial charge in [0.2, 0.25) is 0 Å². The van der Waals surface area contributed by atoms with Crippen LogP contribution in [0, 0.1) is 0 Å². The summed E-state index contributed by atoms with van der Waals surface area (Å²) >= 11 is 0. The highest BCUT2D eigenvalue weighted by molar-refractivity contribution is 5.78. The van der Waals surface area contributed by atoms with E-state index in [0.29, 0.717) is 11.1 Å². The first-order chi connectivity index (χ1) is 6.81. The van der Waals surface area contributed by atoms with E-state index in [9.17, 15) is 4.39 Å². The smallest absolute Gasteiger partial charge is 0.126 e. The third-order valence-corrected chi connectivity index (χ3v) is 2.00. The quantitative estimate of drug-likeness (QED) is 0.687. The summed E-state index contributed by atoms with van der Waals surface area (Å²) in [5.74, 6) is -0.238. The fourth-order valence-corrected chi connectivity index (χ4v) is 1.28. The van der Waals surface area contributed by atoms with Gasteiger partial charge in [-0.05, 0) is 25.1 Å². The van der Waals surface area contributed by atoms with Crippen LogP contribution in [0.3, 0.4) is 0 Å².